The minimum absolute atomic E-state index is 0.00445. The quantitative estimate of drug-likeness (QED) is 0.506. The van der Waals surface area contributed by atoms with Crippen molar-refractivity contribution in [2.24, 2.45) is 0 Å². The minimum Gasteiger partial charge on any atom is -0.464 e. The molecule has 0 radical (unpaired) electrons. The van der Waals surface area contributed by atoms with Gasteiger partial charge in [-0.1, -0.05) is 24.2 Å². The monoisotopic (exact) mass is 299 g/mol. The Labute approximate surface area is 121 Å². The van der Waals surface area contributed by atoms with E-state index < -0.39 is 18.0 Å². The number of hydrogen-bond acceptors (Lipinski definition) is 6. The summed E-state index contributed by atoms with van der Waals surface area (Å²) in [5.74, 6) is -1.38. The Morgan fingerprint density at radius 1 is 1.50 bits per heavy atom. The zero-order chi connectivity index (χ0) is 15.3. The van der Waals surface area contributed by atoms with Gasteiger partial charge in [0.15, 0.2) is 0 Å². The van der Waals surface area contributed by atoms with E-state index in [1.165, 1.54) is 19.2 Å². The summed E-state index contributed by atoms with van der Waals surface area (Å²) >= 11 is 5.88. The second-order valence-corrected chi connectivity index (χ2v) is 4.07. The summed E-state index contributed by atoms with van der Waals surface area (Å²) in [6, 6.07) is 2.70. The number of rotatable bonds is 5. The van der Waals surface area contributed by atoms with Gasteiger partial charge in [-0.2, -0.15) is 0 Å². The van der Waals surface area contributed by atoms with E-state index in [9.17, 15) is 14.7 Å². The molecule has 1 rings (SSSR count). The molecule has 1 aromatic heterocycles. The van der Waals surface area contributed by atoms with Crippen molar-refractivity contribution in [3.05, 3.63) is 40.7 Å². The Morgan fingerprint density at radius 3 is 2.65 bits per heavy atom. The smallest absolute Gasteiger partial charge is 0.356 e. The van der Waals surface area contributed by atoms with E-state index in [0.717, 1.165) is 0 Å². The van der Waals surface area contributed by atoms with Crippen LogP contribution in [-0.4, -0.2) is 35.7 Å². The predicted molar refractivity (Wildman–Crippen MR) is 71.3 cm³/mol. The molecule has 0 aliphatic heterocycles. The maximum absolute atomic E-state index is 11.5. The number of ether oxygens (including phenoxy) is 2. The maximum Gasteiger partial charge on any atom is 0.356 e. The highest BCUT2D eigenvalue weighted by atomic mass is 35.5. The van der Waals surface area contributed by atoms with Crippen molar-refractivity contribution in [2.45, 2.75) is 13.0 Å². The summed E-state index contributed by atoms with van der Waals surface area (Å²) in [4.78, 5) is 26.5. The van der Waals surface area contributed by atoms with Gasteiger partial charge in [-0.3, -0.25) is 0 Å². The first kappa shape index (κ1) is 16.1. The van der Waals surface area contributed by atoms with Crippen LogP contribution in [0.3, 0.4) is 0 Å². The van der Waals surface area contributed by atoms with E-state index in [1.807, 2.05) is 0 Å². The Hall–Kier alpha value is -1.92. The van der Waals surface area contributed by atoms with Crippen LogP contribution in [0.4, 0.5) is 0 Å². The highest BCUT2D eigenvalue weighted by molar-refractivity contribution is 6.30. The lowest BCUT2D eigenvalue weighted by atomic mass is 10.0. The molecule has 0 aliphatic carbocycles. The van der Waals surface area contributed by atoms with E-state index >= 15 is 0 Å². The number of carbonyl (C=O) groups excluding carboxylic acids is 2. The molecule has 1 atom stereocenters. The molecule has 0 amide bonds. The summed E-state index contributed by atoms with van der Waals surface area (Å²) in [5, 5.41) is 9.89. The largest absolute Gasteiger partial charge is 0.464 e. The molecule has 20 heavy (non-hydrogen) atoms. The molecule has 0 saturated heterocycles. The first-order chi connectivity index (χ1) is 9.42. The molecule has 6 nitrogen and oxygen atoms in total. The Balaban J connectivity index is 3.00. The van der Waals surface area contributed by atoms with Crippen LogP contribution in [0, 0.1) is 0 Å². The number of pyridine rings is 1. The van der Waals surface area contributed by atoms with Crippen LogP contribution in [0.25, 0.3) is 0 Å². The van der Waals surface area contributed by atoms with E-state index in [0.29, 0.717) is 0 Å². The van der Waals surface area contributed by atoms with Crippen LogP contribution in [-0.2, 0) is 14.3 Å². The number of aliphatic hydroxyl groups is 1. The second-order valence-electron chi connectivity index (χ2n) is 3.72. The van der Waals surface area contributed by atoms with Gasteiger partial charge in [-0.15, -0.1) is 0 Å². The summed E-state index contributed by atoms with van der Waals surface area (Å²) in [5.41, 5.74) is -0.0195. The number of halogens is 1. The molecule has 0 spiro atoms. The highest BCUT2D eigenvalue weighted by Gasteiger charge is 2.23. The third-order valence-corrected chi connectivity index (χ3v) is 2.74. The van der Waals surface area contributed by atoms with Crippen molar-refractivity contribution >= 4 is 23.5 Å². The van der Waals surface area contributed by atoms with Crippen molar-refractivity contribution in [2.75, 3.05) is 13.7 Å². The van der Waals surface area contributed by atoms with Crippen LogP contribution in [0.15, 0.2) is 24.3 Å². The second kappa shape index (κ2) is 7.02. The van der Waals surface area contributed by atoms with Gasteiger partial charge in [0.05, 0.1) is 19.3 Å². The summed E-state index contributed by atoms with van der Waals surface area (Å²) in [6.07, 6.45) is -1.36. The molecule has 108 valence electrons. The predicted octanol–water partition coefficient (Wildman–Crippen LogP) is 1.67. The zero-order valence-electron chi connectivity index (χ0n) is 11.1. The van der Waals surface area contributed by atoms with Gasteiger partial charge >= 0.3 is 11.9 Å². The Morgan fingerprint density at radius 2 is 2.15 bits per heavy atom. The molecule has 0 aromatic carbocycles. The normalized spacial score (nSPS) is 11.6. The zero-order valence-corrected chi connectivity index (χ0v) is 11.8. The fourth-order valence-electron chi connectivity index (χ4n) is 1.39. The van der Waals surface area contributed by atoms with E-state index in [-0.39, 0.29) is 28.6 Å². The van der Waals surface area contributed by atoms with Gasteiger partial charge in [0, 0.05) is 5.56 Å². The van der Waals surface area contributed by atoms with E-state index in [1.54, 1.807) is 6.92 Å². The number of nitrogens with zero attached hydrogens (tertiary/aromatic N) is 1. The van der Waals surface area contributed by atoms with Crippen molar-refractivity contribution in [3.8, 4) is 0 Å². The van der Waals surface area contributed by atoms with Gasteiger partial charge in [0.1, 0.15) is 17.0 Å². The van der Waals surface area contributed by atoms with E-state index in [2.05, 4.69) is 16.3 Å². The molecule has 0 aliphatic rings. The van der Waals surface area contributed by atoms with Gasteiger partial charge in [0.2, 0.25) is 0 Å². The molecule has 0 bridgehead atoms. The summed E-state index contributed by atoms with van der Waals surface area (Å²) in [6.45, 7) is 5.26. The molecule has 0 fully saturated rings. The average molecular weight is 300 g/mol. The summed E-state index contributed by atoms with van der Waals surface area (Å²) < 4.78 is 9.22. The molecule has 0 saturated carbocycles. The number of aliphatic hydroxyl groups excluding tert-OH is 1. The maximum atomic E-state index is 11.5. The molecule has 1 aromatic rings. The number of methoxy groups -OCH3 is 1. The fourth-order valence-corrected chi connectivity index (χ4v) is 1.65. The fraction of sp³-hybridized carbons (Fsp3) is 0.308. The first-order valence-electron chi connectivity index (χ1n) is 5.71. The van der Waals surface area contributed by atoms with Gasteiger partial charge in [-0.05, 0) is 13.0 Å². The Kier molecular flexibility index (Phi) is 5.66. The van der Waals surface area contributed by atoms with Crippen molar-refractivity contribution in [1.82, 2.24) is 4.98 Å². The van der Waals surface area contributed by atoms with Crippen molar-refractivity contribution in [1.29, 1.82) is 0 Å². The third-order valence-electron chi connectivity index (χ3n) is 2.43. The molecule has 1 unspecified atom stereocenters. The lowest BCUT2D eigenvalue weighted by molar-refractivity contribution is -0.139. The molecule has 1 N–H and O–H groups in total. The third kappa shape index (κ3) is 3.55. The lowest BCUT2D eigenvalue weighted by Gasteiger charge is -2.14. The molecular formula is C13H14ClNO5. The molecular weight excluding hydrogens is 286 g/mol. The van der Waals surface area contributed by atoms with Gasteiger partial charge in [-0.25, -0.2) is 14.6 Å². The molecule has 7 heteroatoms. The lowest BCUT2D eigenvalue weighted by Crippen LogP contribution is -2.15. The van der Waals surface area contributed by atoms with Crippen LogP contribution in [0.2, 0.25) is 5.15 Å². The first-order valence-corrected chi connectivity index (χ1v) is 6.08. The summed E-state index contributed by atoms with van der Waals surface area (Å²) in [7, 11) is 1.21. The number of hydrogen-bond donors (Lipinski definition) is 1. The van der Waals surface area contributed by atoms with Crippen molar-refractivity contribution < 1.29 is 24.2 Å². The van der Waals surface area contributed by atoms with E-state index in [4.69, 9.17) is 16.3 Å². The Bertz CT molecular complexity index is 544. The van der Waals surface area contributed by atoms with Gasteiger partial charge in [0.25, 0.3) is 0 Å². The van der Waals surface area contributed by atoms with Crippen molar-refractivity contribution in [3.63, 3.8) is 0 Å². The topological polar surface area (TPSA) is 85.7 Å². The van der Waals surface area contributed by atoms with Crippen LogP contribution in [0.5, 0.6) is 0 Å². The number of esters is 2. The molecule has 1 heterocycles. The van der Waals surface area contributed by atoms with Crippen LogP contribution >= 0.6 is 11.6 Å². The standard InChI is InChI=1S/C13H14ClNO5/c1-4-20-12(17)7(2)10(16)8-5-6-9(13(18)19-3)15-11(8)14/h5-6,10,16H,2,4H2,1,3H3. The van der Waals surface area contributed by atoms with Crippen LogP contribution < -0.4 is 0 Å². The average Bonchev–Trinajstić information content (AvgIpc) is 2.45. The SMILES string of the molecule is C=C(C(=O)OCC)C(O)c1ccc(C(=O)OC)nc1Cl. The van der Waals surface area contributed by atoms with Gasteiger partial charge < -0.3 is 14.6 Å². The van der Waals surface area contributed by atoms with Crippen LogP contribution in [0.1, 0.15) is 29.1 Å². The minimum atomic E-state index is -1.36. The highest BCUT2D eigenvalue weighted by Crippen LogP contribution is 2.27. The number of aromatic nitrogens is 1. The number of carbonyl (C=O) groups is 2.